The fourth-order valence-electron chi connectivity index (χ4n) is 2.77. The largest absolute Gasteiger partial charge is 0.335 e. The number of H-pyrrole nitrogens is 2. The average Bonchev–Trinajstić information content (AvgIpc) is 3.34. The second kappa shape index (κ2) is 8.62. The van der Waals surface area contributed by atoms with Gasteiger partial charge in [-0.1, -0.05) is 47.8 Å². The molecule has 0 unspecified atom stereocenters. The van der Waals surface area contributed by atoms with Crippen molar-refractivity contribution in [2.45, 2.75) is 12.8 Å². The van der Waals surface area contributed by atoms with E-state index in [-0.39, 0.29) is 10.2 Å². The molecule has 2 aromatic carbocycles. The summed E-state index contributed by atoms with van der Waals surface area (Å²) in [5, 5.41) is -0.107. The molecule has 0 aliphatic rings. The average molecular weight is 411 g/mol. The number of fused-ring (bicyclic) bond motifs is 2. The summed E-state index contributed by atoms with van der Waals surface area (Å²) in [6.45, 7) is 0. The highest BCUT2D eigenvalue weighted by Crippen LogP contribution is 2.19. The predicted octanol–water partition coefficient (Wildman–Crippen LogP) is 4.67. The summed E-state index contributed by atoms with van der Waals surface area (Å²) in [4.78, 5) is 39.2. The van der Waals surface area contributed by atoms with Crippen LogP contribution >= 0.6 is 23.5 Å². The van der Waals surface area contributed by atoms with Crippen LogP contribution in [0.5, 0.6) is 0 Å². The number of carbonyl (C=O) groups excluding carboxylic acids is 2. The molecule has 0 aliphatic carbocycles. The molecule has 0 spiro atoms. The number of imidazole rings is 2. The highest BCUT2D eigenvalue weighted by Gasteiger charge is 2.13. The maximum atomic E-state index is 12.2. The molecule has 0 bridgehead atoms. The molecular weight excluding hydrogens is 392 g/mol. The molecule has 2 heterocycles. The van der Waals surface area contributed by atoms with Gasteiger partial charge in [0.1, 0.15) is 0 Å². The molecule has 0 aliphatic heterocycles. The number of hydrogen-bond donors (Lipinski definition) is 2. The summed E-state index contributed by atoms with van der Waals surface area (Å²) in [7, 11) is 0. The second-order valence-corrected chi connectivity index (χ2v) is 8.32. The van der Waals surface area contributed by atoms with Crippen LogP contribution in [0.1, 0.15) is 34.1 Å². The first-order valence-electron chi connectivity index (χ1n) is 8.94. The molecule has 0 radical (unpaired) electrons. The molecule has 0 fully saturated rings. The smallest absolute Gasteiger partial charge is 0.254 e. The topological polar surface area (TPSA) is 91.5 Å². The minimum absolute atomic E-state index is 0.0535. The number of aromatic nitrogens is 4. The van der Waals surface area contributed by atoms with Crippen molar-refractivity contribution < 1.29 is 9.59 Å². The molecule has 8 heteroatoms. The van der Waals surface area contributed by atoms with E-state index in [9.17, 15) is 9.59 Å². The molecular formula is C20H18N4O2S2. The molecule has 6 nitrogen and oxygen atoms in total. The number of thioether (sulfide) groups is 2. The Morgan fingerprint density at radius 3 is 1.57 bits per heavy atom. The fraction of sp³-hybridized carbons (Fsp3) is 0.200. The lowest BCUT2D eigenvalue weighted by Crippen LogP contribution is -1.99. The van der Waals surface area contributed by atoms with Crippen molar-refractivity contribution in [2.24, 2.45) is 0 Å². The van der Waals surface area contributed by atoms with Crippen LogP contribution in [0, 0.1) is 0 Å². The van der Waals surface area contributed by atoms with Gasteiger partial charge < -0.3 is 9.97 Å². The van der Waals surface area contributed by atoms with Gasteiger partial charge in [0.05, 0.1) is 22.1 Å². The van der Waals surface area contributed by atoms with Gasteiger partial charge in [0.15, 0.2) is 11.6 Å². The maximum absolute atomic E-state index is 12.2. The number of aromatic amines is 2. The molecule has 0 saturated heterocycles. The van der Waals surface area contributed by atoms with Crippen LogP contribution in [-0.4, -0.2) is 41.7 Å². The van der Waals surface area contributed by atoms with E-state index in [4.69, 9.17) is 0 Å². The third kappa shape index (κ3) is 4.28. The number of unbranched alkanes of at least 4 members (excludes halogenated alkanes) is 1. The molecule has 28 heavy (non-hydrogen) atoms. The van der Waals surface area contributed by atoms with Gasteiger partial charge in [-0.25, -0.2) is 9.97 Å². The van der Waals surface area contributed by atoms with Gasteiger partial charge in [0.2, 0.25) is 0 Å². The number of carbonyl (C=O) groups is 2. The Bertz CT molecular complexity index is 979. The normalized spacial score (nSPS) is 11.3. The summed E-state index contributed by atoms with van der Waals surface area (Å²) >= 11 is 2.52. The van der Waals surface area contributed by atoms with Gasteiger partial charge in [-0.2, -0.15) is 0 Å². The van der Waals surface area contributed by atoms with Gasteiger partial charge in [0.25, 0.3) is 10.2 Å². The van der Waals surface area contributed by atoms with Crippen LogP contribution in [-0.2, 0) is 0 Å². The summed E-state index contributed by atoms with van der Waals surface area (Å²) in [5.41, 5.74) is 3.33. The number of nitrogens with one attached hydrogen (secondary N) is 2. The Balaban J connectivity index is 1.18. The van der Waals surface area contributed by atoms with Crippen molar-refractivity contribution in [3.63, 3.8) is 0 Å². The Kier molecular flexibility index (Phi) is 5.78. The Morgan fingerprint density at radius 1 is 0.714 bits per heavy atom. The van der Waals surface area contributed by atoms with E-state index in [0.29, 0.717) is 23.2 Å². The van der Waals surface area contributed by atoms with Crippen molar-refractivity contribution in [3.05, 3.63) is 60.2 Å². The Labute approximate surface area is 169 Å². The first kappa shape index (κ1) is 18.8. The number of rotatable bonds is 7. The lowest BCUT2D eigenvalue weighted by atomic mass is 10.3. The molecule has 142 valence electrons. The number of hydrogen-bond acceptors (Lipinski definition) is 6. The van der Waals surface area contributed by atoms with Gasteiger partial charge in [-0.15, -0.1) is 0 Å². The lowest BCUT2D eigenvalue weighted by molar-refractivity contribution is 0.107. The third-order valence-corrected chi connectivity index (χ3v) is 6.07. The highest BCUT2D eigenvalue weighted by atomic mass is 32.2. The minimum atomic E-state index is -0.0535. The summed E-state index contributed by atoms with van der Waals surface area (Å²) < 4.78 is 0. The predicted molar refractivity (Wildman–Crippen MR) is 115 cm³/mol. The molecule has 4 rings (SSSR count). The Hall–Kier alpha value is -2.58. The summed E-state index contributed by atoms with van der Waals surface area (Å²) in [6, 6.07) is 15.2. The second-order valence-electron chi connectivity index (χ2n) is 6.18. The zero-order valence-electron chi connectivity index (χ0n) is 15.0. The van der Waals surface area contributed by atoms with E-state index in [1.54, 1.807) is 0 Å². The zero-order chi connectivity index (χ0) is 19.3. The lowest BCUT2D eigenvalue weighted by Gasteiger charge is -1.99. The van der Waals surface area contributed by atoms with Crippen LogP contribution in [0.25, 0.3) is 22.1 Å². The monoisotopic (exact) mass is 410 g/mol. The van der Waals surface area contributed by atoms with Crippen LogP contribution < -0.4 is 0 Å². The number of para-hydroxylation sites is 4. The van der Waals surface area contributed by atoms with E-state index >= 15 is 0 Å². The highest BCUT2D eigenvalue weighted by molar-refractivity contribution is 8.14. The standard InChI is InChI=1S/C20H18N4O2S2/c25-19(17-21-13-7-1-2-8-14(13)22-17)27-11-5-6-12-28-20(26)18-23-15-9-3-4-10-16(15)24-18/h1-4,7-10H,5-6,11-12H2,(H,21,22)(H,23,24). The number of benzene rings is 2. The van der Waals surface area contributed by atoms with Gasteiger partial charge in [0, 0.05) is 11.5 Å². The van der Waals surface area contributed by atoms with E-state index in [0.717, 1.165) is 34.9 Å². The van der Waals surface area contributed by atoms with Crippen LogP contribution in [0.15, 0.2) is 48.5 Å². The molecule has 2 N–H and O–H groups in total. The third-order valence-electron chi connectivity index (χ3n) is 4.17. The van der Waals surface area contributed by atoms with Gasteiger partial charge in [-0.3, -0.25) is 9.59 Å². The minimum Gasteiger partial charge on any atom is -0.335 e. The molecule has 0 atom stereocenters. The Morgan fingerprint density at radius 2 is 1.14 bits per heavy atom. The van der Waals surface area contributed by atoms with Crippen molar-refractivity contribution in [1.82, 2.24) is 19.9 Å². The quantitative estimate of drug-likeness (QED) is 0.430. The first-order valence-corrected chi connectivity index (χ1v) is 10.9. The van der Waals surface area contributed by atoms with Crippen molar-refractivity contribution in [1.29, 1.82) is 0 Å². The van der Waals surface area contributed by atoms with Crippen molar-refractivity contribution >= 4 is 55.8 Å². The SMILES string of the molecule is O=C(SCCCCSC(=O)c1nc2ccccc2[nH]1)c1nc2ccccc2[nH]1. The van der Waals surface area contributed by atoms with E-state index < -0.39 is 0 Å². The van der Waals surface area contributed by atoms with Crippen LogP contribution in [0.3, 0.4) is 0 Å². The maximum Gasteiger partial charge on any atom is 0.254 e. The van der Waals surface area contributed by atoms with Crippen molar-refractivity contribution in [3.8, 4) is 0 Å². The van der Waals surface area contributed by atoms with E-state index in [1.807, 2.05) is 48.5 Å². The van der Waals surface area contributed by atoms with E-state index in [2.05, 4.69) is 19.9 Å². The zero-order valence-corrected chi connectivity index (χ0v) is 16.6. The number of nitrogens with zero attached hydrogens (tertiary/aromatic N) is 2. The van der Waals surface area contributed by atoms with E-state index in [1.165, 1.54) is 23.5 Å². The van der Waals surface area contributed by atoms with Gasteiger partial charge >= 0.3 is 0 Å². The molecule has 0 amide bonds. The first-order chi connectivity index (χ1) is 13.7. The summed E-state index contributed by atoms with van der Waals surface area (Å²) in [6.07, 6.45) is 1.72. The molecule has 2 aromatic heterocycles. The van der Waals surface area contributed by atoms with Crippen LogP contribution in [0.2, 0.25) is 0 Å². The van der Waals surface area contributed by atoms with Gasteiger partial charge in [-0.05, 0) is 37.1 Å². The molecule has 0 saturated carbocycles. The van der Waals surface area contributed by atoms with Crippen molar-refractivity contribution in [2.75, 3.05) is 11.5 Å². The fourth-order valence-corrected chi connectivity index (χ4v) is 4.30. The summed E-state index contributed by atoms with van der Waals surface area (Å²) in [5.74, 6) is 2.19. The van der Waals surface area contributed by atoms with Crippen LogP contribution in [0.4, 0.5) is 0 Å². The molecule has 4 aromatic rings.